The number of methoxy groups -OCH3 is 1. The molecule has 1 aliphatic heterocycles. The molecule has 0 saturated carbocycles. The monoisotopic (exact) mass is 625 g/mol. The molecule has 2 N–H and O–H groups in total. The summed E-state index contributed by atoms with van der Waals surface area (Å²) in [6.45, 7) is 6.52. The Hall–Kier alpha value is -3.77. The minimum Gasteiger partial charge on any atom is -0.467 e. The number of amides is 3. The van der Waals surface area contributed by atoms with Gasteiger partial charge in [0.05, 0.1) is 34.2 Å². The molecule has 2 aromatic carbocycles. The van der Waals surface area contributed by atoms with Crippen molar-refractivity contribution >= 4 is 52.6 Å². The molecule has 224 valence electrons. The molecule has 3 amide bonds. The summed E-state index contributed by atoms with van der Waals surface area (Å²) in [5, 5.41) is 10.4. The van der Waals surface area contributed by atoms with Gasteiger partial charge < -0.3 is 15.0 Å². The molecule has 9 nitrogen and oxygen atoms in total. The molecule has 4 rings (SSSR count). The summed E-state index contributed by atoms with van der Waals surface area (Å²) in [7, 11) is 1.05. The van der Waals surface area contributed by atoms with Crippen LogP contribution in [0.2, 0.25) is 10.0 Å². The van der Waals surface area contributed by atoms with Gasteiger partial charge in [-0.25, -0.2) is 14.3 Å². The molecule has 0 aliphatic carbocycles. The van der Waals surface area contributed by atoms with Crippen molar-refractivity contribution in [3.63, 3.8) is 0 Å². The third kappa shape index (κ3) is 6.05. The average Bonchev–Trinajstić information content (AvgIpc) is 3.33. The third-order valence-electron chi connectivity index (χ3n) is 6.93. The minimum absolute atomic E-state index is 0.157. The minimum atomic E-state index is -5.20. The number of anilines is 2. The Labute approximate surface area is 249 Å². The fourth-order valence-electron chi connectivity index (χ4n) is 4.63. The molecule has 0 radical (unpaired) electrons. The number of ether oxygens (including phenoxy) is 1. The first-order valence-corrected chi connectivity index (χ1v) is 13.4. The molecule has 1 aromatic heterocycles. The van der Waals surface area contributed by atoms with Gasteiger partial charge >= 0.3 is 24.1 Å². The van der Waals surface area contributed by atoms with Crippen LogP contribution in [0.25, 0.3) is 5.69 Å². The normalized spacial score (nSPS) is 17.0. The van der Waals surface area contributed by atoms with Gasteiger partial charge in [0.1, 0.15) is 11.4 Å². The van der Waals surface area contributed by atoms with E-state index in [9.17, 15) is 27.6 Å². The van der Waals surface area contributed by atoms with E-state index in [2.05, 4.69) is 15.7 Å². The Kier molecular flexibility index (Phi) is 8.27. The second kappa shape index (κ2) is 11.1. The maximum absolute atomic E-state index is 13.5. The smallest absolute Gasteiger partial charge is 0.467 e. The van der Waals surface area contributed by atoms with Gasteiger partial charge in [-0.2, -0.15) is 18.3 Å². The Bertz CT molecular complexity index is 1570. The molecule has 42 heavy (non-hydrogen) atoms. The number of rotatable bonds is 4. The summed E-state index contributed by atoms with van der Waals surface area (Å²) in [4.78, 5) is 38.4. The second-order valence-electron chi connectivity index (χ2n) is 11.0. The van der Waals surface area contributed by atoms with Gasteiger partial charge in [0.25, 0.3) is 0 Å². The first-order chi connectivity index (χ1) is 19.5. The third-order valence-corrected chi connectivity index (χ3v) is 7.74. The Balaban J connectivity index is 1.73. The highest BCUT2D eigenvalue weighted by Gasteiger charge is 2.54. The quantitative estimate of drug-likeness (QED) is 0.322. The number of fused-ring (bicyclic) bond motifs is 1. The van der Waals surface area contributed by atoms with Crippen LogP contribution in [0.3, 0.4) is 0 Å². The lowest BCUT2D eigenvalue weighted by Gasteiger charge is -2.43. The zero-order valence-electron chi connectivity index (χ0n) is 23.3. The highest BCUT2D eigenvalue weighted by molar-refractivity contribution is 6.44. The summed E-state index contributed by atoms with van der Waals surface area (Å²) < 4.78 is 46.8. The molecule has 0 saturated heterocycles. The van der Waals surface area contributed by atoms with Crippen molar-refractivity contribution in [2.45, 2.75) is 57.8 Å². The van der Waals surface area contributed by atoms with E-state index in [4.69, 9.17) is 27.9 Å². The number of alkyl halides is 3. The van der Waals surface area contributed by atoms with Crippen molar-refractivity contribution < 1.29 is 32.3 Å². The molecular weight excluding hydrogens is 598 g/mol. The highest BCUT2D eigenvalue weighted by atomic mass is 35.5. The highest BCUT2D eigenvalue weighted by Crippen LogP contribution is 2.37. The zero-order valence-corrected chi connectivity index (χ0v) is 24.8. The van der Waals surface area contributed by atoms with E-state index in [0.717, 1.165) is 7.11 Å². The van der Waals surface area contributed by atoms with Crippen molar-refractivity contribution in [3.05, 3.63) is 69.3 Å². The Morgan fingerprint density at radius 1 is 1.02 bits per heavy atom. The van der Waals surface area contributed by atoms with Gasteiger partial charge in [0.2, 0.25) is 0 Å². The molecule has 14 heteroatoms. The van der Waals surface area contributed by atoms with Gasteiger partial charge in [-0.05, 0) is 42.3 Å². The van der Waals surface area contributed by atoms with Gasteiger partial charge in [0.15, 0.2) is 0 Å². The van der Waals surface area contributed by atoms with Crippen molar-refractivity contribution in [3.8, 4) is 5.69 Å². The van der Waals surface area contributed by atoms with E-state index in [0.29, 0.717) is 27.4 Å². The fraction of sp³-hybridized carbons (Fsp3) is 0.357. The molecule has 1 atom stereocenters. The lowest BCUT2D eigenvalue weighted by molar-refractivity contribution is -0.196. The van der Waals surface area contributed by atoms with Crippen molar-refractivity contribution in [1.82, 2.24) is 14.7 Å². The van der Waals surface area contributed by atoms with E-state index < -0.39 is 41.6 Å². The summed E-state index contributed by atoms with van der Waals surface area (Å²) >= 11 is 12.2. The van der Waals surface area contributed by atoms with E-state index >= 15 is 0 Å². The maximum atomic E-state index is 13.5. The van der Waals surface area contributed by atoms with E-state index in [1.807, 2.05) is 20.8 Å². The number of nitrogens with zero attached hydrogens (tertiary/aromatic N) is 3. The second-order valence-corrected chi connectivity index (χ2v) is 11.8. The Morgan fingerprint density at radius 2 is 1.71 bits per heavy atom. The number of aromatic nitrogens is 2. The molecule has 1 unspecified atom stereocenters. The number of halogens is 5. The number of urea groups is 1. The van der Waals surface area contributed by atoms with Crippen LogP contribution >= 0.6 is 23.2 Å². The molecule has 2 heterocycles. The molecular formula is C28H28Cl2F3N5O4. The van der Waals surface area contributed by atoms with Crippen LogP contribution in [0.1, 0.15) is 44.5 Å². The fourth-order valence-corrected chi connectivity index (χ4v) is 4.98. The van der Waals surface area contributed by atoms with Gasteiger partial charge in [-0.3, -0.25) is 10.1 Å². The maximum Gasteiger partial charge on any atom is 0.471 e. The molecule has 0 fully saturated rings. The summed E-state index contributed by atoms with van der Waals surface area (Å²) in [6.07, 6.45) is -5.40. The van der Waals surface area contributed by atoms with Crippen LogP contribution in [-0.2, 0) is 32.7 Å². The largest absolute Gasteiger partial charge is 0.471 e. The predicted octanol–water partition coefficient (Wildman–Crippen LogP) is 6.50. The number of carbonyl (C=O) groups excluding carboxylic acids is 3. The van der Waals surface area contributed by atoms with Crippen LogP contribution in [0.4, 0.5) is 29.5 Å². The van der Waals surface area contributed by atoms with Gasteiger partial charge in [-0.15, -0.1) is 0 Å². The Morgan fingerprint density at radius 3 is 2.33 bits per heavy atom. The molecule has 0 bridgehead atoms. The van der Waals surface area contributed by atoms with E-state index in [1.54, 1.807) is 42.5 Å². The average molecular weight is 626 g/mol. The lowest BCUT2D eigenvalue weighted by Crippen LogP contribution is -2.61. The summed E-state index contributed by atoms with van der Waals surface area (Å²) in [5.74, 6) is -2.86. The number of esters is 1. The van der Waals surface area contributed by atoms with Crippen molar-refractivity contribution in [2.75, 3.05) is 17.7 Å². The zero-order chi connectivity index (χ0) is 31.2. The molecule has 1 aliphatic rings. The van der Waals surface area contributed by atoms with Crippen LogP contribution in [0.5, 0.6) is 0 Å². The molecule has 0 spiro atoms. The SMILES string of the molecule is COC(=O)C1(C)Cc2ccc(-n3nc(C(C)(C)C)cc3NC(=O)Nc3cccc(Cl)c3Cl)cc2CN1C(=O)C(F)(F)F. The van der Waals surface area contributed by atoms with E-state index in [1.165, 1.54) is 11.6 Å². The number of nitrogens with one attached hydrogen (secondary N) is 2. The number of benzene rings is 2. The summed E-state index contributed by atoms with van der Waals surface area (Å²) in [5.41, 5.74) is -0.0660. The number of hydrogen-bond acceptors (Lipinski definition) is 5. The predicted molar refractivity (Wildman–Crippen MR) is 152 cm³/mol. The first-order valence-electron chi connectivity index (χ1n) is 12.7. The lowest BCUT2D eigenvalue weighted by atomic mass is 9.83. The van der Waals surface area contributed by atoms with Crippen LogP contribution in [-0.4, -0.2) is 51.4 Å². The van der Waals surface area contributed by atoms with Crippen LogP contribution in [0.15, 0.2) is 42.5 Å². The van der Waals surface area contributed by atoms with Crippen molar-refractivity contribution in [2.24, 2.45) is 0 Å². The van der Waals surface area contributed by atoms with Gasteiger partial charge in [-0.1, -0.05) is 56.1 Å². The van der Waals surface area contributed by atoms with Crippen molar-refractivity contribution in [1.29, 1.82) is 0 Å². The standard InChI is InChI=1S/C28H28Cl2F3N5O4/c1-26(2,3)20-12-21(35-25(41)34-19-8-6-7-18(29)22(19)30)38(36-20)17-10-9-15-13-27(4,24(40)42-5)37(14-16(15)11-17)23(39)28(31,32)33/h6-12H,13-14H2,1-5H3,(H2,34,35,41). The number of carbonyl (C=O) groups is 3. The summed E-state index contributed by atoms with van der Waals surface area (Å²) in [6, 6.07) is 10.7. The number of hydrogen-bond donors (Lipinski definition) is 2. The molecule has 3 aromatic rings. The topological polar surface area (TPSA) is 106 Å². The van der Waals surface area contributed by atoms with Crippen LogP contribution in [0, 0.1) is 0 Å². The van der Waals surface area contributed by atoms with Crippen LogP contribution < -0.4 is 10.6 Å². The van der Waals surface area contributed by atoms with Gasteiger partial charge in [0, 0.05) is 24.4 Å². The first kappa shape index (κ1) is 31.2. The van der Waals surface area contributed by atoms with E-state index in [-0.39, 0.29) is 28.0 Å².